The largest absolute Gasteiger partial charge is 0.373 e. The lowest BCUT2D eigenvalue weighted by atomic mass is 9.81. The highest BCUT2D eigenvalue weighted by atomic mass is 16.3. The fourth-order valence-corrected chi connectivity index (χ4v) is 4.35. The fraction of sp³-hybridized carbons (Fsp3) is 0.480. The van der Waals surface area contributed by atoms with Crippen LogP contribution in [0.2, 0.25) is 0 Å². The molecule has 29 heavy (non-hydrogen) atoms. The Kier molecular flexibility index (Phi) is 4.54. The topological polar surface area (TPSA) is 61.4 Å². The minimum atomic E-state index is -0.559. The molecule has 2 unspecified atom stereocenters. The molecule has 0 aliphatic carbocycles. The summed E-state index contributed by atoms with van der Waals surface area (Å²) in [6, 6.07) is 10.7. The van der Waals surface area contributed by atoms with Gasteiger partial charge in [0, 0.05) is 17.8 Å². The van der Waals surface area contributed by atoms with Crippen molar-refractivity contribution in [3.8, 4) is 0 Å². The smallest absolute Gasteiger partial charge is 0.232 e. The number of hydrogen-bond acceptors (Lipinski definition) is 3. The average Bonchev–Trinajstić information content (AvgIpc) is 3.12. The van der Waals surface area contributed by atoms with E-state index >= 15 is 0 Å². The van der Waals surface area contributed by atoms with Crippen molar-refractivity contribution in [1.82, 2.24) is 0 Å². The van der Waals surface area contributed by atoms with Crippen molar-refractivity contribution in [1.29, 1.82) is 0 Å². The molecule has 2 aromatic rings. The van der Waals surface area contributed by atoms with E-state index in [0.29, 0.717) is 12.8 Å². The maximum atomic E-state index is 12.9. The monoisotopic (exact) mass is 392 g/mol. The lowest BCUT2D eigenvalue weighted by Gasteiger charge is -2.23. The summed E-state index contributed by atoms with van der Waals surface area (Å²) >= 11 is 0. The summed E-state index contributed by atoms with van der Waals surface area (Å²) < 4.78 is 0. The molecule has 1 amide bonds. The molecule has 0 fully saturated rings. The van der Waals surface area contributed by atoms with Crippen LogP contribution < -0.4 is 10.6 Å². The molecule has 2 aromatic carbocycles. The Morgan fingerprint density at radius 1 is 1.00 bits per heavy atom. The number of carbonyl (C=O) groups excluding carboxylic acids is 1. The number of rotatable bonds is 2. The summed E-state index contributed by atoms with van der Waals surface area (Å²) in [6.07, 6.45) is 0.669. The lowest BCUT2D eigenvalue weighted by Crippen LogP contribution is -2.18. The number of aliphatic hydroxyl groups excluding tert-OH is 1. The van der Waals surface area contributed by atoms with Crippen molar-refractivity contribution >= 4 is 17.3 Å². The molecule has 0 bridgehead atoms. The molecule has 2 atom stereocenters. The van der Waals surface area contributed by atoms with Crippen LogP contribution in [0.15, 0.2) is 30.3 Å². The minimum Gasteiger partial charge on any atom is -0.373 e. The first-order chi connectivity index (χ1) is 13.4. The first-order valence-electron chi connectivity index (χ1n) is 10.5. The highest BCUT2D eigenvalue weighted by molar-refractivity contribution is 6.03. The summed E-state index contributed by atoms with van der Waals surface area (Å²) in [5.74, 6) is -0.161. The van der Waals surface area contributed by atoms with Gasteiger partial charge < -0.3 is 15.7 Å². The molecule has 2 aliphatic rings. The first-order valence-corrected chi connectivity index (χ1v) is 10.5. The Morgan fingerprint density at radius 2 is 1.69 bits per heavy atom. The molecule has 3 N–H and O–H groups in total. The number of carbonyl (C=O) groups is 1. The van der Waals surface area contributed by atoms with E-state index in [9.17, 15) is 9.90 Å². The third-order valence-electron chi connectivity index (χ3n) is 6.18. The van der Waals surface area contributed by atoms with Gasteiger partial charge in [0.25, 0.3) is 0 Å². The van der Waals surface area contributed by atoms with Gasteiger partial charge in [-0.2, -0.15) is 0 Å². The highest BCUT2D eigenvalue weighted by Crippen LogP contribution is 2.41. The molecule has 0 saturated carbocycles. The van der Waals surface area contributed by atoms with Gasteiger partial charge in [0.15, 0.2) is 0 Å². The zero-order valence-corrected chi connectivity index (χ0v) is 18.3. The predicted molar refractivity (Wildman–Crippen MR) is 119 cm³/mol. The second kappa shape index (κ2) is 6.60. The maximum Gasteiger partial charge on any atom is 0.232 e. The molecule has 4 heteroatoms. The van der Waals surface area contributed by atoms with Gasteiger partial charge in [-0.3, -0.25) is 4.79 Å². The zero-order chi connectivity index (χ0) is 21.1. The number of amides is 1. The van der Waals surface area contributed by atoms with E-state index in [1.165, 1.54) is 11.1 Å². The van der Waals surface area contributed by atoms with E-state index in [1.807, 2.05) is 6.07 Å². The molecule has 0 saturated heterocycles. The molecule has 4 nitrogen and oxygen atoms in total. The van der Waals surface area contributed by atoms with Crippen LogP contribution in [0.4, 0.5) is 11.4 Å². The van der Waals surface area contributed by atoms with Crippen molar-refractivity contribution in [3.63, 3.8) is 0 Å². The molecule has 2 aliphatic heterocycles. The van der Waals surface area contributed by atoms with E-state index in [4.69, 9.17) is 0 Å². The van der Waals surface area contributed by atoms with Gasteiger partial charge in [0.1, 0.15) is 6.23 Å². The number of benzene rings is 2. The summed E-state index contributed by atoms with van der Waals surface area (Å²) in [7, 11) is 0. The molecule has 0 spiro atoms. The van der Waals surface area contributed by atoms with Crippen LogP contribution in [0, 0.1) is 0 Å². The van der Waals surface area contributed by atoms with Gasteiger partial charge in [0.05, 0.1) is 5.92 Å². The van der Waals surface area contributed by atoms with Crippen LogP contribution >= 0.6 is 0 Å². The molecule has 0 radical (unpaired) electrons. The first kappa shape index (κ1) is 20.0. The van der Waals surface area contributed by atoms with E-state index in [-0.39, 0.29) is 22.7 Å². The normalized spacial score (nSPS) is 20.9. The zero-order valence-electron chi connectivity index (χ0n) is 18.3. The van der Waals surface area contributed by atoms with Gasteiger partial charge >= 0.3 is 0 Å². The number of aliphatic hydroxyl groups is 1. The number of fused-ring (bicyclic) bond motifs is 2. The van der Waals surface area contributed by atoms with Crippen LogP contribution in [-0.4, -0.2) is 17.2 Å². The molecule has 2 heterocycles. The average molecular weight is 393 g/mol. The van der Waals surface area contributed by atoms with Gasteiger partial charge in [-0.1, -0.05) is 65.8 Å². The van der Waals surface area contributed by atoms with Crippen LogP contribution in [-0.2, 0) is 28.5 Å². The Balaban J connectivity index is 1.76. The second-order valence-corrected chi connectivity index (χ2v) is 10.6. The Morgan fingerprint density at radius 3 is 2.34 bits per heavy atom. The van der Waals surface area contributed by atoms with Crippen LogP contribution in [0.1, 0.15) is 75.3 Å². The summed E-state index contributed by atoms with van der Waals surface area (Å²) in [5, 5.41) is 16.5. The molecule has 4 rings (SSSR count). The highest BCUT2D eigenvalue weighted by Gasteiger charge is 2.34. The molecule has 0 aromatic heterocycles. The minimum absolute atomic E-state index is 0.00652. The second-order valence-electron chi connectivity index (χ2n) is 10.6. The molecule has 154 valence electrons. The quantitative estimate of drug-likeness (QED) is 0.685. The molecular formula is C25H32N2O2. The van der Waals surface area contributed by atoms with Crippen molar-refractivity contribution < 1.29 is 9.90 Å². The van der Waals surface area contributed by atoms with Crippen LogP contribution in [0.25, 0.3) is 0 Å². The van der Waals surface area contributed by atoms with E-state index in [0.717, 1.165) is 28.1 Å². The van der Waals surface area contributed by atoms with Crippen molar-refractivity contribution in [2.75, 3.05) is 10.6 Å². The lowest BCUT2D eigenvalue weighted by molar-refractivity contribution is -0.117. The SMILES string of the molecule is CC(C)(C)c1cc2c(c(CC3C(=O)Nc4ccc(C(C)(C)C)cc43)c1)NC(O)C2. The third-order valence-corrected chi connectivity index (χ3v) is 6.18. The van der Waals surface area contributed by atoms with E-state index in [2.05, 4.69) is 76.4 Å². The van der Waals surface area contributed by atoms with Gasteiger partial charge in [-0.25, -0.2) is 0 Å². The Labute approximate surface area is 173 Å². The van der Waals surface area contributed by atoms with Crippen molar-refractivity contribution in [2.45, 2.75) is 77.4 Å². The summed E-state index contributed by atoms with van der Waals surface area (Å²) in [6.45, 7) is 13.2. The fourth-order valence-electron chi connectivity index (χ4n) is 4.35. The predicted octanol–water partition coefficient (Wildman–Crippen LogP) is 4.85. The Bertz CT molecular complexity index is 980. The number of anilines is 2. The van der Waals surface area contributed by atoms with Crippen molar-refractivity contribution in [3.05, 3.63) is 58.1 Å². The Hall–Kier alpha value is -2.33. The van der Waals surface area contributed by atoms with Gasteiger partial charge in [0.2, 0.25) is 5.91 Å². The van der Waals surface area contributed by atoms with Crippen LogP contribution in [0.5, 0.6) is 0 Å². The summed E-state index contributed by atoms with van der Waals surface area (Å²) in [4.78, 5) is 12.9. The standard InChI is InChI=1S/C25H32N2O2/c1-24(2,3)16-7-8-20-18(13-16)19(23(29)26-20)11-14-9-17(25(4,5)6)10-15-12-21(28)27-22(14)15/h7-10,13,19,21,27-28H,11-12H2,1-6H3,(H,26,29). The number of hydrogen-bond donors (Lipinski definition) is 3. The van der Waals surface area contributed by atoms with Crippen molar-refractivity contribution in [2.24, 2.45) is 0 Å². The van der Waals surface area contributed by atoms with E-state index < -0.39 is 6.23 Å². The molecular weight excluding hydrogens is 360 g/mol. The summed E-state index contributed by atoms with van der Waals surface area (Å²) in [5.41, 5.74) is 7.76. The van der Waals surface area contributed by atoms with Gasteiger partial charge in [-0.05, 0) is 51.1 Å². The third kappa shape index (κ3) is 3.66. The number of nitrogens with one attached hydrogen (secondary N) is 2. The van der Waals surface area contributed by atoms with E-state index in [1.54, 1.807) is 0 Å². The van der Waals surface area contributed by atoms with Gasteiger partial charge in [-0.15, -0.1) is 0 Å². The maximum absolute atomic E-state index is 12.9. The van der Waals surface area contributed by atoms with Crippen LogP contribution in [0.3, 0.4) is 0 Å².